The van der Waals surface area contributed by atoms with E-state index in [1.807, 2.05) is 6.07 Å². The van der Waals surface area contributed by atoms with Crippen molar-refractivity contribution in [3.05, 3.63) is 21.4 Å². The van der Waals surface area contributed by atoms with Gasteiger partial charge in [0.2, 0.25) is 5.91 Å². The van der Waals surface area contributed by atoms with Crippen LogP contribution in [0.15, 0.2) is 6.07 Å². The van der Waals surface area contributed by atoms with E-state index in [2.05, 4.69) is 16.0 Å². The molecule has 1 aromatic rings. The lowest BCUT2D eigenvalue weighted by Crippen LogP contribution is -2.40. The van der Waals surface area contributed by atoms with Gasteiger partial charge < -0.3 is 21.1 Å². The van der Waals surface area contributed by atoms with Crippen molar-refractivity contribution in [1.29, 1.82) is 0 Å². The average molecular weight is 337 g/mol. The van der Waals surface area contributed by atoms with Gasteiger partial charge in [0, 0.05) is 30.4 Å². The molecule has 2 unspecified atom stereocenters. The Balaban J connectivity index is 1.43. The minimum Gasteiger partial charge on any atom is -0.391 e. The number of aliphatic hydroxyl groups is 1. The van der Waals surface area contributed by atoms with Crippen LogP contribution in [0.4, 0.5) is 0 Å². The minimum atomic E-state index is -0.415. The van der Waals surface area contributed by atoms with E-state index < -0.39 is 6.10 Å². The number of amides is 2. The lowest BCUT2D eigenvalue weighted by atomic mass is 9.99. The molecule has 0 bridgehead atoms. The smallest absolute Gasteiger partial charge is 0.261 e. The molecule has 7 heteroatoms. The first-order valence-corrected chi connectivity index (χ1v) is 9.00. The second-order valence-electron chi connectivity index (χ2n) is 6.24. The highest BCUT2D eigenvalue weighted by Crippen LogP contribution is 2.29. The van der Waals surface area contributed by atoms with Crippen molar-refractivity contribution in [1.82, 2.24) is 16.0 Å². The number of nitrogens with one attached hydrogen (secondary N) is 3. The Bertz CT molecular complexity index is 564. The number of hydrogen-bond donors (Lipinski definition) is 4. The highest BCUT2D eigenvalue weighted by molar-refractivity contribution is 7.14. The molecule has 23 heavy (non-hydrogen) atoms. The second-order valence-corrected chi connectivity index (χ2v) is 7.38. The summed E-state index contributed by atoms with van der Waals surface area (Å²) in [5.41, 5.74) is 1.29. The summed E-state index contributed by atoms with van der Waals surface area (Å²) in [4.78, 5) is 26.0. The number of hydrogen-bond acceptors (Lipinski definition) is 5. The highest BCUT2D eigenvalue weighted by Gasteiger charge is 2.25. The molecule has 2 heterocycles. The number of β-amino-alcohol motifs (C(OH)–C–C–N with tert-alkyl or cyclic N) is 1. The zero-order valence-electron chi connectivity index (χ0n) is 13.1. The molecule has 1 aliphatic carbocycles. The Morgan fingerprint density at radius 3 is 2.83 bits per heavy atom. The molecule has 3 rings (SSSR count). The summed E-state index contributed by atoms with van der Waals surface area (Å²) in [5.74, 6) is -0.362. The zero-order chi connectivity index (χ0) is 16.2. The molecule has 0 radical (unpaired) electrons. The van der Waals surface area contributed by atoms with Crippen molar-refractivity contribution >= 4 is 23.2 Å². The molecule has 2 aliphatic rings. The third-order valence-corrected chi connectivity index (χ3v) is 5.73. The number of fused-ring (bicyclic) bond motifs is 1. The van der Waals surface area contributed by atoms with E-state index in [1.54, 1.807) is 11.3 Å². The number of carbonyl (C=O) groups is 2. The topological polar surface area (TPSA) is 90.5 Å². The van der Waals surface area contributed by atoms with Crippen molar-refractivity contribution in [2.45, 2.75) is 31.8 Å². The fraction of sp³-hybridized carbons (Fsp3) is 0.625. The molecule has 0 saturated carbocycles. The van der Waals surface area contributed by atoms with Gasteiger partial charge in [0.15, 0.2) is 0 Å². The molecule has 2 amide bonds. The molecule has 4 N–H and O–H groups in total. The normalized spacial score (nSPS) is 23.3. The molecule has 2 atom stereocenters. The van der Waals surface area contributed by atoms with Gasteiger partial charge in [0.25, 0.3) is 5.91 Å². The predicted molar refractivity (Wildman–Crippen MR) is 88.7 cm³/mol. The average Bonchev–Trinajstić information content (AvgIpc) is 3.16. The first-order valence-electron chi connectivity index (χ1n) is 8.18. The minimum absolute atomic E-state index is 0.0301. The monoisotopic (exact) mass is 337 g/mol. The van der Waals surface area contributed by atoms with Crippen molar-refractivity contribution in [2.24, 2.45) is 5.92 Å². The van der Waals surface area contributed by atoms with Crippen LogP contribution in [-0.4, -0.2) is 49.2 Å². The summed E-state index contributed by atoms with van der Waals surface area (Å²) in [6.07, 6.45) is 4.08. The summed E-state index contributed by atoms with van der Waals surface area (Å²) in [6.45, 7) is 1.67. The maximum absolute atomic E-state index is 12.1. The zero-order valence-corrected chi connectivity index (χ0v) is 13.9. The summed E-state index contributed by atoms with van der Waals surface area (Å²) >= 11 is 1.54. The molecule has 1 aliphatic heterocycles. The van der Waals surface area contributed by atoms with E-state index in [-0.39, 0.29) is 24.3 Å². The van der Waals surface area contributed by atoms with Crippen LogP contribution in [0, 0.1) is 5.92 Å². The van der Waals surface area contributed by atoms with Crippen molar-refractivity contribution < 1.29 is 14.7 Å². The van der Waals surface area contributed by atoms with Gasteiger partial charge in [-0.1, -0.05) is 0 Å². The van der Waals surface area contributed by atoms with Gasteiger partial charge in [-0.2, -0.15) is 0 Å². The van der Waals surface area contributed by atoms with Crippen LogP contribution >= 0.6 is 11.3 Å². The molecular weight excluding hydrogens is 314 g/mol. The fourth-order valence-corrected chi connectivity index (χ4v) is 4.26. The fourth-order valence-electron chi connectivity index (χ4n) is 3.09. The lowest BCUT2D eigenvalue weighted by molar-refractivity contribution is -0.120. The first-order chi connectivity index (χ1) is 11.1. The SMILES string of the molecule is O=C(CNC(=O)c1cc2c(s1)CCCC2)NCC1CNCC1O. The van der Waals surface area contributed by atoms with Crippen LogP contribution in [0.1, 0.15) is 33.0 Å². The summed E-state index contributed by atoms with van der Waals surface area (Å²) < 4.78 is 0. The largest absolute Gasteiger partial charge is 0.391 e. The van der Waals surface area contributed by atoms with E-state index in [9.17, 15) is 14.7 Å². The molecule has 1 aromatic heterocycles. The quantitative estimate of drug-likeness (QED) is 0.611. The van der Waals surface area contributed by atoms with Gasteiger partial charge in [-0.3, -0.25) is 9.59 Å². The molecule has 6 nitrogen and oxygen atoms in total. The van der Waals surface area contributed by atoms with E-state index >= 15 is 0 Å². The van der Waals surface area contributed by atoms with Crippen LogP contribution in [-0.2, 0) is 17.6 Å². The molecule has 0 aromatic carbocycles. The molecule has 0 spiro atoms. The van der Waals surface area contributed by atoms with Crippen LogP contribution in [0.2, 0.25) is 0 Å². The summed E-state index contributed by atoms with van der Waals surface area (Å²) in [6, 6.07) is 1.97. The van der Waals surface area contributed by atoms with E-state index in [4.69, 9.17) is 0 Å². The first kappa shape index (κ1) is 16.4. The number of aliphatic hydroxyl groups excluding tert-OH is 1. The molecule has 126 valence electrons. The number of thiophene rings is 1. The van der Waals surface area contributed by atoms with Gasteiger partial charge in [0.1, 0.15) is 0 Å². The molecular formula is C16H23N3O3S. The van der Waals surface area contributed by atoms with Crippen LogP contribution in [0.3, 0.4) is 0 Å². The van der Waals surface area contributed by atoms with Gasteiger partial charge in [-0.15, -0.1) is 11.3 Å². The molecule has 1 fully saturated rings. The van der Waals surface area contributed by atoms with E-state index in [1.165, 1.54) is 23.3 Å². The third-order valence-electron chi connectivity index (χ3n) is 4.50. The van der Waals surface area contributed by atoms with Gasteiger partial charge in [-0.25, -0.2) is 0 Å². The standard InChI is InChI=1S/C16H23N3O3S/c20-12-8-17-6-11(12)7-18-15(21)9-19-16(22)14-5-10-3-1-2-4-13(10)23-14/h5,11-12,17,20H,1-4,6-9H2,(H,18,21)(H,19,22). The Hall–Kier alpha value is -1.44. The predicted octanol–water partition coefficient (Wildman–Crippen LogP) is 0.0532. The third kappa shape index (κ3) is 4.10. The maximum atomic E-state index is 12.1. The van der Waals surface area contributed by atoms with Crippen molar-refractivity contribution in [2.75, 3.05) is 26.2 Å². The van der Waals surface area contributed by atoms with Gasteiger partial charge in [0.05, 0.1) is 17.5 Å². The van der Waals surface area contributed by atoms with Crippen molar-refractivity contribution in [3.8, 4) is 0 Å². The summed E-state index contributed by atoms with van der Waals surface area (Å²) in [5, 5.41) is 18.2. The Labute approximate surface area is 139 Å². The van der Waals surface area contributed by atoms with Crippen LogP contribution in [0.5, 0.6) is 0 Å². The van der Waals surface area contributed by atoms with E-state index in [0.29, 0.717) is 24.5 Å². The second kappa shape index (κ2) is 7.42. The van der Waals surface area contributed by atoms with Crippen molar-refractivity contribution in [3.63, 3.8) is 0 Å². The van der Waals surface area contributed by atoms with Crippen LogP contribution in [0.25, 0.3) is 0 Å². The van der Waals surface area contributed by atoms with Gasteiger partial charge >= 0.3 is 0 Å². The van der Waals surface area contributed by atoms with Gasteiger partial charge in [-0.05, 0) is 37.3 Å². The molecule has 1 saturated heterocycles. The maximum Gasteiger partial charge on any atom is 0.261 e. The number of carbonyl (C=O) groups excluding carboxylic acids is 2. The highest BCUT2D eigenvalue weighted by atomic mass is 32.1. The summed E-state index contributed by atoms with van der Waals surface area (Å²) in [7, 11) is 0. The number of rotatable bonds is 5. The number of aryl methyl sites for hydroxylation is 2. The van der Waals surface area contributed by atoms with E-state index in [0.717, 1.165) is 12.8 Å². The Kier molecular flexibility index (Phi) is 5.30. The lowest BCUT2D eigenvalue weighted by Gasteiger charge is -2.14. The van der Waals surface area contributed by atoms with Crippen LogP contribution < -0.4 is 16.0 Å². The Morgan fingerprint density at radius 1 is 1.26 bits per heavy atom. The Morgan fingerprint density at radius 2 is 2.09 bits per heavy atom.